The third-order valence-corrected chi connectivity index (χ3v) is 4.48. The Balaban J connectivity index is 1.95. The van der Waals surface area contributed by atoms with Gasteiger partial charge in [-0.05, 0) is 55.5 Å². The number of imidazole rings is 1. The summed E-state index contributed by atoms with van der Waals surface area (Å²) in [6, 6.07) is 15.0. The first-order valence-electron chi connectivity index (χ1n) is 8.84. The molecule has 0 aliphatic rings. The van der Waals surface area contributed by atoms with Crippen LogP contribution >= 0.6 is 0 Å². The van der Waals surface area contributed by atoms with Crippen molar-refractivity contribution >= 4 is 0 Å². The van der Waals surface area contributed by atoms with E-state index < -0.39 is 11.2 Å². The summed E-state index contributed by atoms with van der Waals surface area (Å²) in [7, 11) is 1.58. The lowest BCUT2D eigenvalue weighted by Gasteiger charge is -2.06. The molecule has 0 saturated heterocycles. The monoisotopic (exact) mass is 390 g/mol. The van der Waals surface area contributed by atoms with Crippen LogP contribution in [0, 0.1) is 6.92 Å². The summed E-state index contributed by atoms with van der Waals surface area (Å²) in [6.07, 6.45) is 0. The highest BCUT2D eigenvalue weighted by molar-refractivity contribution is 5.81. The van der Waals surface area contributed by atoms with Crippen LogP contribution in [0.15, 0.2) is 63.8 Å². The van der Waals surface area contributed by atoms with Gasteiger partial charge in [0.25, 0.3) is 0 Å². The van der Waals surface area contributed by atoms with Crippen LogP contribution in [0.1, 0.15) is 5.76 Å². The number of hydrogen-bond acceptors (Lipinski definition) is 6. The predicted molar refractivity (Wildman–Crippen MR) is 108 cm³/mol. The molecule has 0 aliphatic carbocycles. The quantitative estimate of drug-likeness (QED) is 0.484. The zero-order chi connectivity index (χ0) is 20.5. The molecule has 0 bridgehead atoms. The highest BCUT2D eigenvalue weighted by Crippen LogP contribution is 2.37. The van der Waals surface area contributed by atoms with Gasteiger partial charge in [0, 0.05) is 17.2 Å². The van der Waals surface area contributed by atoms with Crippen molar-refractivity contribution in [2.45, 2.75) is 6.92 Å². The molecule has 2 aromatic heterocycles. The summed E-state index contributed by atoms with van der Waals surface area (Å²) in [6.45, 7) is 1.63. The van der Waals surface area contributed by atoms with Gasteiger partial charge in [-0.25, -0.2) is 4.98 Å². The minimum Gasteiger partial charge on any atom is -0.508 e. The van der Waals surface area contributed by atoms with E-state index in [0.29, 0.717) is 28.7 Å². The Kier molecular flexibility index (Phi) is 4.56. The summed E-state index contributed by atoms with van der Waals surface area (Å²) in [5.41, 5.74) is 1.80. The van der Waals surface area contributed by atoms with Crippen LogP contribution in [-0.4, -0.2) is 27.3 Å². The van der Waals surface area contributed by atoms with Crippen molar-refractivity contribution in [3.05, 3.63) is 70.6 Å². The lowest BCUT2D eigenvalue weighted by molar-refractivity contribution is 0.415. The average molecular weight is 390 g/mol. The van der Waals surface area contributed by atoms with Crippen molar-refractivity contribution in [2.24, 2.45) is 0 Å². The fourth-order valence-corrected chi connectivity index (χ4v) is 3.02. The molecule has 2 heterocycles. The number of aryl methyl sites for hydroxylation is 1. The molecule has 0 amide bonds. The fraction of sp³-hybridized carbons (Fsp3) is 0.0909. The van der Waals surface area contributed by atoms with Gasteiger partial charge in [0.05, 0.1) is 7.11 Å². The van der Waals surface area contributed by atoms with Crippen LogP contribution in [0.3, 0.4) is 0 Å². The third-order valence-electron chi connectivity index (χ3n) is 4.48. The second-order valence-corrected chi connectivity index (χ2v) is 6.48. The molecule has 4 rings (SSSR count). The van der Waals surface area contributed by atoms with Crippen LogP contribution in [0.4, 0.5) is 0 Å². The minimum absolute atomic E-state index is 0.0124. The van der Waals surface area contributed by atoms with Gasteiger partial charge in [-0.3, -0.25) is 4.79 Å². The van der Waals surface area contributed by atoms with E-state index in [9.17, 15) is 15.0 Å². The maximum absolute atomic E-state index is 12.1. The topological polar surface area (TPSA) is 109 Å². The number of benzene rings is 2. The van der Waals surface area contributed by atoms with Crippen LogP contribution in [-0.2, 0) is 0 Å². The van der Waals surface area contributed by atoms with Crippen molar-refractivity contribution < 1.29 is 19.4 Å². The van der Waals surface area contributed by atoms with Crippen LogP contribution in [0.2, 0.25) is 0 Å². The Hall–Kier alpha value is -4.00. The Labute approximate surface area is 165 Å². The average Bonchev–Trinajstić information content (AvgIpc) is 3.16. The number of nitrogens with zero attached hydrogens (tertiary/aromatic N) is 1. The third kappa shape index (κ3) is 3.45. The maximum atomic E-state index is 12.1. The summed E-state index contributed by atoms with van der Waals surface area (Å²) in [5, 5.41) is 19.9. The number of phenolic OH excluding ortho intramolecular Hbond substituents is 1. The van der Waals surface area contributed by atoms with E-state index in [1.165, 1.54) is 6.07 Å². The molecule has 7 heteroatoms. The lowest BCUT2D eigenvalue weighted by atomic mass is 10.1. The first-order chi connectivity index (χ1) is 14.0. The molecule has 0 fully saturated rings. The van der Waals surface area contributed by atoms with Gasteiger partial charge in [-0.1, -0.05) is 0 Å². The summed E-state index contributed by atoms with van der Waals surface area (Å²) in [5.74, 6) is 1.20. The Morgan fingerprint density at radius 2 is 1.66 bits per heavy atom. The molecule has 0 spiro atoms. The highest BCUT2D eigenvalue weighted by Gasteiger charge is 2.22. The van der Waals surface area contributed by atoms with E-state index in [4.69, 9.17) is 9.15 Å². The molecule has 7 nitrogen and oxygen atoms in total. The number of aromatic nitrogens is 2. The van der Waals surface area contributed by atoms with Gasteiger partial charge >= 0.3 is 0 Å². The molecule has 4 aromatic rings. The smallest absolute Gasteiger partial charge is 0.227 e. The van der Waals surface area contributed by atoms with Crippen LogP contribution < -0.4 is 10.2 Å². The number of rotatable bonds is 4. The van der Waals surface area contributed by atoms with Crippen molar-refractivity contribution in [1.82, 2.24) is 9.97 Å². The van der Waals surface area contributed by atoms with Crippen LogP contribution in [0.25, 0.3) is 34.1 Å². The number of phenols is 1. The van der Waals surface area contributed by atoms with Crippen molar-refractivity contribution in [3.63, 3.8) is 0 Å². The van der Waals surface area contributed by atoms with E-state index >= 15 is 0 Å². The molecule has 0 aliphatic heterocycles. The zero-order valence-corrected chi connectivity index (χ0v) is 15.8. The first-order valence-corrected chi connectivity index (χ1v) is 8.84. The van der Waals surface area contributed by atoms with Gasteiger partial charge < -0.3 is 24.4 Å². The van der Waals surface area contributed by atoms with Gasteiger partial charge in [-0.2, -0.15) is 0 Å². The van der Waals surface area contributed by atoms with E-state index in [2.05, 4.69) is 9.97 Å². The largest absolute Gasteiger partial charge is 0.508 e. The molecule has 0 saturated carbocycles. The van der Waals surface area contributed by atoms with Gasteiger partial charge in [0.1, 0.15) is 34.5 Å². The number of aromatic amines is 1. The molecule has 0 radical (unpaired) electrons. The zero-order valence-electron chi connectivity index (χ0n) is 15.8. The second kappa shape index (κ2) is 7.20. The number of H-pyrrole nitrogens is 1. The molecular formula is C22H18N2O5. The molecule has 3 N–H and O–H groups in total. The molecule has 29 heavy (non-hydrogen) atoms. The highest BCUT2D eigenvalue weighted by atomic mass is 16.5. The molecular weight excluding hydrogens is 372 g/mol. The van der Waals surface area contributed by atoms with Crippen LogP contribution in [0.5, 0.6) is 17.2 Å². The number of ether oxygens (including phenoxy) is 1. The maximum Gasteiger partial charge on any atom is 0.227 e. The predicted octanol–water partition coefficient (Wildman–Crippen LogP) is 4.09. The number of methoxy groups -OCH3 is 1. The van der Waals surface area contributed by atoms with E-state index in [1.54, 1.807) is 50.4 Å². The summed E-state index contributed by atoms with van der Waals surface area (Å²) in [4.78, 5) is 19.9. The standard InChI is InChI=1S/C22H18N2O5/c1-12-11-17(26)20(27)21(29-12)19-18(13-5-9-16(28-2)10-6-13)23-22(24-19)14-3-7-15(25)8-4-14/h3-11,25,27H,1-2H3,(H,23,24). The van der Waals surface area contributed by atoms with E-state index in [-0.39, 0.29) is 11.5 Å². The molecule has 0 atom stereocenters. The number of hydrogen-bond donors (Lipinski definition) is 3. The molecule has 0 unspecified atom stereocenters. The number of aromatic hydroxyl groups is 2. The van der Waals surface area contributed by atoms with Gasteiger partial charge in [-0.15, -0.1) is 0 Å². The molecule has 146 valence electrons. The number of nitrogens with one attached hydrogen (secondary N) is 1. The van der Waals surface area contributed by atoms with Crippen molar-refractivity contribution in [1.29, 1.82) is 0 Å². The van der Waals surface area contributed by atoms with Gasteiger partial charge in [0.2, 0.25) is 11.2 Å². The van der Waals surface area contributed by atoms with E-state index in [0.717, 1.165) is 11.1 Å². The van der Waals surface area contributed by atoms with Crippen molar-refractivity contribution in [2.75, 3.05) is 7.11 Å². The Bertz CT molecular complexity index is 1220. The summed E-state index contributed by atoms with van der Waals surface area (Å²) >= 11 is 0. The minimum atomic E-state index is -0.537. The fourth-order valence-electron chi connectivity index (χ4n) is 3.02. The molecule has 2 aromatic carbocycles. The Morgan fingerprint density at radius 1 is 1.00 bits per heavy atom. The lowest BCUT2D eigenvalue weighted by Crippen LogP contribution is -2.01. The van der Waals surface area contributed by atoms with Crippen molar-refractivity contribution in [3.8, 4) is 51.3 Å². The van der Waals surface area contributed by atoms with E-state index in [1.807, 2.05) is 12.1 Å². The SMILES string of the molecule is COc1ccc(-c2nc(-c3ccc(O)cc3)[nH]c2-c2oc(C)cc(=O)c2O)cc1. The summed E-state index contributed by atoms with van der Waals surface area (Å²) < 4.78 is 10.9. The van der Waals surface area contributed by atoms with Gasteiger partial charge in [0.15, 0.2) is 5.76 Å². The Morgan fingerprint density at radius 3 is 2.31 bits per heavy atom. The first kappa shape index (κ1) is 18.4. The second-order valence-electron chi connectivity index (χ2n) is 6.48. The normalized spacial score (nSPS) is 10.8.